The molecule has 17 heavy (non-hydrogen) atoms. The molecule has 1 heterocycles. The lowest BCUT2D eigenvalue weighted by Crippen LogP contribution is -2.22. The minimum absolute atomic E-state index is 0.000810. The molecule has 4 nitrogen and oxygen atoms in total. The molecule has 0 radical (unpaired) electrons. The van der Waals surface area contributed by atoms with Crippen LogP contribution in [0.3, 0.4) is 0 Å². The summed E-state index contributed by atoms with van der Waals surface area (Å²) in [5, 5.41) is 3.14. The summed E-state index contributed by atoms with van der Waals surface area (Å²) in [6, 6.07) is 3.94. The second-order valence-electron chi connectivity index (χ2n) is 4.16. The molecule has 5 heteroatoms. The van der Waals surface area contributed by atoms with Crippen molar-refractivity contribution in [1.29, 1.82) is 0 Å². The van der Waals surface area contributed by atoms with Gasteiger partial charge in [-0.3, -0.25) is 4.98 Å². The van der Waals surface area contributed by atoms with Crippen molar-refractivity contribution in [3.8, 4) is 0 Å². The highest BCUT2D eigenvalue weighted by Crippen LogP contribution is 2.19. The third-order valence-corrected chi connectivity index (χ3v) is 3.74. The highest BCUT2D eigenvalue weighted by molar-refractivity contribution is 7.90. The predicted octanol–water partition coefficient (Wildman–Crippen LogP) is 1.34. The number of sulfone groups is 1. The number of nitrogens with one attached hydrogen (secondary N) is 1. The molecule has 0 aliphatic heterocycles. The Bertz CT molecular complexity index is 457. The summed E-state index contributed by atoms with van der Waals surface area (Å²) >= 11 is 0. The Morgan fingerprint density at radius 2 is 2.18 bits per heavy atom. The summed E-state index contributed by atoms with van der Waals surface area (Å²) in [7, 11) is -1.09. The number of aryl methyl sites for hydroxylation is 1. The van der Waals surface area contributed by atoms with E-state index in [1.807, 2.05) is 19.2 Å². The average Bonchev–Trinajstić information content (AvgIpc) is 2.29. The van der Waals surface area contributed by atoms with Crippen molar-refractivity contribution in [3.05, 3.63) is 29.6 Å². The van der Waals surface area contributed by atoms with Crippen LogP contribution in [0.2, 0.25) is 0 Å². The number of pyridine rings is 1. The monoisotopic (exact) mass is 256 g/mol. The summed E-state index contributed by atoms with van der Waals surface area (Å²) in [6.07, 6.45) is 4.47. The second-order valence-corrected chi connectivity index (χ2v) is 6.42. The van der Waals surface area contributed by atoms with Crippen LogP contribution < -0.4 is 5.32 Å². The van der Waals surface area contributed by atoms with Crippen molar-refractivity contribution in [1.82, 2.24) is 10.3 Å². The van der Waals surface area contributed by atoms with Gasteiger partial charge in [0.25, 0.3) is 0 Å². The van der Waals surface area contributed by atoms with Gasteiger partial charge in [0.1, 0.15) is 9.84 Å². The van der Waals surface area contributed by atoms with E-state index in [0.29, 0.717) is 6.42 Å². The Morgan fingerprint density at radius 1 is 1.47 bits per heavy atom. The zero-order valence-corrected chi connectivity index (χ0v) is 11.4. The van der Waals surface area contributed by atoms with Crippen LogP contribution in [0.4, 0.5) is 0 Å². The van der Waals surface area contributed by atoms with Crippen molar-refractivity contribution < 1.29 is 8.42 Å². The van der Waals surface area contributed by atoms with Gasteiger partial charge in [-0.2, -0.15) is 0 Å². The summed E-state index contributed by atoms with van der Waals surface area (Å²) in [4.78, 5) is 4.36. The molecule has 0 aromatic carbocycles. The molecule has 0 aliphatic carbocycles. The molecule has 1 aromatic heterocycles. The maximum atomic E-state index is 11.2. The molecule has 96 valence electrons. The number of nitrogens with zero attached hydrogens (tertiary/aromatic N) is 1. The van der Waals surface area contributed by atoms with Gasteiger partial charge in [-0.15, -0.1) is 0 Å². The van der Waals surface area contributed by atoms with Crippen LogP contribution in [0.1, 0.15) is 30.6 Å². The molecular formula is C12H20N2O2S. The van der Waals surface area contributed by atoms with E-state index in [2.05, 4.69) is 17.2 Å². The Kier molecular flexibility index (Phi) is 5.08. The van der Waals surface area contributed by atoms with Crippen LogP contribution in [0.5, 0.6) is 0 Å². The van der Waals surface area contributed by atoms with Gasteiger partial charge in [0.05, 0.1) is 17.5 Å². The molecule has 0 saturated heterocycles. The van der Waals surface area contributed by atoms with Crippen molar-refractivity contribution in [2.24, 2.45) is 0 Å². The molecule has 0 spiro atoms. The SMILES string of the molecule is CCc1cccnc1C(CCS(C)(=O)=O)NC. The van der Waals surface area contributed by atoms with Gasteiger partial charge in [0.2, 0.25) is 0 Å². The lowest BCUT2D eigenvalue weighted by atomic mass is 10.0. The van der Waals surface area contributed by atoms with E-state index in [1.54, 1.807) is 6.20 Å². The fourth-order valence-corrected chi connectivity index (χ4v) is 2.48. The van der Waals surface area contributed by atoms with Crippen LogP contribution in [-0.2, 0) is 16.3 Å². The molecule has 1 N–H and O–H groups in total. The van der Waals surface area contributed by atoms with Crippen molar-refractivity contribution in [2.75, 3.05) is 19.1 Å². The lowest BCUT2D eigenvalue weighted by Gasteiger charge is -2.17. The van der Waals surface area contributed by atoms with Gasteiger partial charge in [-0.25, -0.2) is 8.42 Å². The molecule has 0 bridgehead atoms. The van der Waals surface area contributed by atoms with E-state index < -0.39 is 9.84 Å². The summed E-state index contributed by atoms with van der Waals surface area (Å²) < 4.78 is 22.4. The highest BCUT2D eigenvalue weighted by atomic mass is 32.2. The molecule has 0 aliphatic rings. The molecule has 0 amide bonds. The second kappa shape index (κ2) is 6.12. The van der Waals surface area contributed by atoms with E-state index in [4.69, 9.17) is 0 Å². The van der Waals surface area contributed by atoms with E-state index >= 15 is 0 Å². The minimum atomic E-state index is -2.92. The molecule has 0 fully saturated rings. The van der Waals surface area contributed by atoms with Crippen molar-refractivity contribution in [3.63, 3.8) is 0 Å². The third kappa shape index (κ3) is 4.44. The molecule has 1 rings (SSSR count). The smallest absolute Gasteiger partial charge is 0.147 e. The number of rotatable bonds is 6. The van der Waals surface area contributed by atoms with Crippen molar-refractivity contribution in [2.45, 2.75) is 25.8 Å². The van der Waals surface area contributed by atoms with Gasteiger partial charge in [0.15, 0.2) is 0 Å². The minimum Gasteiger partial charge on any atom is -0.312 e. The first kappa shape index (κ1) is 14.1. The largest absolute Gasteiger partial charge is 0.312 e. The van der Waals surface area contributed by atoms with Gasteiger partial charge in [-0.05, 0) is 31.5 Å². The number of aromatic nitrogens is 1. The van der Waals surface area contributed by atoms with Crippen LogP contribution in [-0.4, -0.2) is 32.5 Å². The summed E-state index contributed by atoms with van der Waals surface area (Å²) in [5.41, 5.74) is 2.13. The quantitative estimate of drug-likeness (QED) is 0.834. The molecule has 0 saturated carbocycles. The highest BCUT2D eigenvalue weighted by Gasteiger charge is 2.16. The van der Waals surface area contributed by atoms with Crippen LogP contribution >= 0.6 is 0 Å². The Balaban J connectivity index is 2.86. The third-order valence-electron chi connectivity index (χ3n) is 2.76. The molecule has 1 aromatic rings. The van der Waals surface area contributed by atoms with Gasteiger partial charge < -0.3 is 5.32 Å². The zero-order valence-electron chi connectivity index (χ0n) is 10.6. The van der Waals surface area contributed by atoms with Gasteiger partial charge in [-0.1, -0.05) is 13.0 Å². The Hall–Kier alpha value is -0.940. The Labute approximate surface area is 103 Å². The molecule has 1 atom stereocenters. The summed E-state index contributed by atoms with van der Waals surface area (Å²) in [5.74, 6) is 0.179. The van der Waals surface area contributed by atoms with Gasteiger partial charge in [0, 0.05) is 12.5 Å². The van der Waals surface area contributed by atoms with Gasteiger partial charge >= 0.3 is 0 Å². The maximum Gasteiger partial charge on any atom is 0.147 e. The Morgan fingerprint density at radius 3 is 2.71 bits per heavy atom. The first-order chi connectivity index (χ1) is 7.98. The lowest BCUT2D eigenvalue weighted by molar-refractivity contribution is 0.544. The molecular weight excluding hydrogens is 236 g/mol. The normalized spacial score (nSPS) is 13.6. The first-order valence-corrected chi connectivity index (χ1v) is 7.82. The van der Waals surface area contributed by atoms with Crippen LogP contribution in [0.15, 0.2) is 18.3 Å². The van der Waals surface area contributed by atoms with Crippen molar-refractivity contribution >= 4 is 9.84 Å². The summed E-state index contributed by atoms with van der Waals surface area (Å²) in [6.45, 7) is 2.07. The van der Waals surface area contributed by atoms with Crippen LogP contribution in [0.25, 0.3) is 0 Å². The topological polar surface area (TPSA) is 59.1 Å². The van der Waals surface area contributed by atoms with Crippen LogP contribution in [0, 0.1) is 0 Å². The fourth-order valence-electron chi connectivity index (χ4n) is 1.81. The maximum absolute atomic E-state index is 11.2. The zero-order chi connectivity index (χ0) is 12.9. The number of hydrogen-bond donors (Lipinski definition) is 1. The van der Waals surface area contributed by atoms with E-state index in [-0.39, 0.29) is 11.8 Å². The standard InChI is InChI=1S/C12H20N2O2S/c1-4-10-6-5-8-14-12(10)11(13-2)7-9-17(3,15)16/h5-6,8,11,13H,4,7,9H2,1-3H3. The van der Waals surface area contributed by atoms with E-state index in [0.717, 1.165) is 12.1 Å². The van der Waals surface area contributed by atoms with E-state index in [9.17, 15) is 8.42 Å². The number of hydrogen-bond acceptors (Lipinski definition) is 4. The molecule has 1 unspecified atom stereocenters. The predicted molar refractivity (Wildman–Crippen MR) is 69.7 cm³/mol. The average molecular weight is 256 g/mol. The fraction of sp³-hybridized carbons (Fsp3) is 0.583. The van der Waals surface area contributed by atoms with E-state index in [1.165, 1.54) is 11.8 Å². The first-order valence-electron chi connectivity index (χ1n) is 5.76.